The number of hydrogen-bond acceptors (Lipinski definition) is 6. The Labute approximate surface area is 178 Å². The fourth-order valence-corrected chi connectivity index (χ4v) is 3.01. The number of anilines is 1. The van der Waals surface area contributed by atoms with Crippen molar-refractivity contribution in [3.63, 3.8) is 0 Å². The Morgan fingerprint density at radius 1 is 1.19 bits per heavy atom. The average Bonchev–Trinajstić information content (AvgIpc) is 3.23. The van der Waals surface area contributed by atoms with Crippen LogP contribution in [0.15, 0.2) is 67.0 Å². The number of aromatic nitrogens is 2. The zero-order valence-electron chi connectivity index (χ0n) is 16.5. The topological polar surface area (TPSA) is 99.5 Å². The number of esters is 1. The number of nitrogens with one attached hydrogen (secondary N) is 1. The molecule has 8 heteroatoms. The minimum absolute atomic E-state index is 0.0601. The molecule has 0 saturated carbocycles. The van der Waals surface area contributed by atoms with E-state index >= 15 is 0 Å². The van der Waals surface area contributed by atoms with Gasteiger partial charge in [-0.3, -0.25) is 14.3 Å². The first-order valence-corrected chi connectivity index (χ1v) is 9.58. The predicted octanol–water partition coefficient (Wildman–Crippen LogP) is 2.70. The molecule has 0 unspecified atom stereocenters. The van der Waals surface area contributed by atoms with Crippen molar-refractivity contribution in [2.45, 2.75) is 6.54 Å². The number of carbonyl (C=O) groups is 3. The second kappa shape index (κ2) is 9.08. The molecule has 1 aromatic heterocycles. The lowest BCUT2D eigenvalue weighted by Gasteiger charge is -2.18. The maximum atomic E-state index is 12.3. The minimum atomic E-state index is -0.640. The summed E-state index contributed by atoms with van der Waals surface area (Å²) in [6.45, 7) is 0.152. The molecule has 2 heterocycles. The van der Waals surface area contributed by atoms with Crippen molar-refractivity contribution in [1.82, 2.24) is 9.78 Å². The zero-order chi connectivity index (χ0) is 21.6. The Morgan fingerprint density at radius 2 is 2.03 bits per heavy atom. The Kier molecular flexibility index (Phi) is 5.89. The van der Waals surface area contributed by atoms with E-state index in [9.17, 15) is 14.4 Å². The van der Waals surface area contributed by atoms with E-state index in [2.05, 4.69) is 10.4 Å². The fraction of sp³-hybridized carbons (Fsp3) is 0.130. The lowest BCUT2D eigenvalue weighted by atomic mass is 10.1. The number of hydrogen-bond donors (Lipinski definition) is 1. The number of benzene rings is 2. The van der Waals surface area contributed by atoms with Crippen LogP contribution in [0.4, 0.5) is 5.69 Å². The van der Waals surface area contributed by atoms with Crippen LogP contribution in [0.1, 0.15) is 21.5 Å². The number of carbonyl (C=O) groups excluding carboxylic acids is 3. The van der Waals surface area contributed by atoms with Crippen molar-refractivity contribution in [1.29, 1.82) is 0 Å². The largest absolute Gasteiger partial charge is 0.482 e. The van der Waals surface area contributed by atoms with Crippen LogP contribution in [0.3, 0.4) is 0 Å². The first-order valence-electron chi connectivity index (χ1n) is 9.58. The molecule has 31 heavy (non-hydrogen) atoms. The van der Waals surface area contributed by atoms with E-state index in [0.717, 1.165) is 11.1 Å². The summed E-state index contributed by atoms with van der Waals surface area (Å²) in [6.07, 6.45) is 6.28. The molecule has 0 radical (unpaired) electrons. The molecule has 0 spiro atoms. The molecule has 2 aromatic carbocycles. The van der Waals surface area contributed by atoms with Gasteiger partial charge >= 0.3 is 5.97 Å². The number of ketones is 1. The zero-order valence-corrected chi connectivity index (χ0v) is 16.5. The molecular formula is C23H19N3O5. The highest BCUT2D eigenvalue weighted by molar-refractivity contribution is 6.02. The van der Waals surface area contributed by atoms with Crippen LogP contribution in [0, 0.1) is 0 Å². The molecule has 0 saturated heterocycles. The Morgan fingerprint density at radius 3 is 2.87 bits per heavy atom. The van der Waals surface area contributed by atoms with Gasteiger partial charge in [0.15, 0.2) is 19.0 Å². The number of ether oxygens (including phenoxy) is 2. The Bertz CT molecular complexity index is 1150. The number of amides is 1. The number of fused-ring (bicyclic) bond motifs is 1. The van der Waals surface area contributed by atoms with Crippen LogP contribution in [-0.4, -0.2) is 40.7 Å². The lowest BCUT2D eigenvalue weighted by Crippen LogP contribution is -2.25. The summed E-state index contributed by atoms with van der Waals surface area (Å²) in [4.78, 5) is 35.7. The SMILES string of the molecule is O=C1COc2ccc(C(=O)COC(=O)/C=C/c3cnn(Cc4ccccc4)c3)cc2N1. The molecule has 3 aromatic rings. The molecule has 0 aliphatic carbocycles. The average molecular weight is 417 g/mol. The van der Waals surface area contributed by atoms with Gasteiger partial charge in [0, 0.05) is 23.4 Å². The van der Waals surface area contributed by atoms with Gasteiger partial charge in [-0.1, -0.05) is 30.3 Å². The highest BCUT2D eigenvalue weighted by Crippen LogP contribution is 2.28. The maximum Gasteiger partial charge on any atom is 0.331 e. The predicted molar refractivity (Wildman–Crippen MR) is 113 cm³/mol. The third kappa shape index (κ3) is 5.24. The van der Waals surface area contributed by atoms with Gasteiger partial charge < -0.3 is 14.8 Å². The van der Waals surface area contributed by atoms with Crippen molar-refractivity contribution in [3.8, 4) is 5.75 Å². The summed E-state index contributed by atoms with van der Waals surface area (Å²) in [5.74, 6) is -0.830. The number of Topliss-reactive ketones (excluding diaryl/α,β-unsaturated/α-hetero) is 1. The van der Waals surface area contributed by atoms with Gasteiger partial charge in [0.05, 0.1) is 18.4 Å². The second-order valence-electron chi connectivity index (χ2n) is 6.87. The molecular weight excluding hydrogens is 398 g/mol. The summed E-state index contributed by atoms with van der Waals surface area (Å²) < 4.78 is 12.0. The highest BCUT2D eigenvalue weighted by Gasteiger charge is 2.18. The van der Waals surface area contributed by atoms with E-state index in [1.807, 2.05) is 36.5 Å². The van der Waals surface area contributed by atoms with E-state index in [4.69, 9.17) is 9.47 Å². The van der Waals surface area contributed by atoms with Gasteiger partial charge in [-0.05, 0) is 29.8 Å². The van der Waals surface area contributed by atoms with Crippen LogP contribution in [0.2, 0.25) is 0 Å². The molecule has 1 amide bonds. The quantitative estimate of drug-likeness (QED) is 0.361. The van der Waals surface area contributed by atoms with Crippen molar-refractivity contribution in [2.75, 3.05) is 18.5 Å². The van der Waals surface area contributed by atoms with Crippen molar-refractivity contribution in [3.05, 3.63) is 83.7 Å². The van der Waals surface area contributed by atoms with Crippen LogP contribution < -0.4 is 10.1 Å². The van der Waals surface area contributed by atoms with E-state index in [-0.39, 0.29) is 18.3 Å². The van der Waals surface area contributed by atoms with Crippen LogP contribution in [-0.2, 0) is 20.9 Å². The monoisotopic (exact) mass is 417 g/mol. The third-order valence-corrected chi connectivity index (χ3v) is 4.53. The highest BCUT2D eigenvalue weighted by atomic mass is 16.5. The molecule has 156 valence electrons. The molecule has 0 atom stereocenters. The molecule has 1 aliphatic rings. The fourth-order valence-electron chi connectivity index (χ4n) is 3.01. The van der Waals surface area contributed by atoms with Gasteiger partial charge in [0.2, 0.25) is 0 Å². The minimum Gasteiger partial charge on any atom is -0.482 e. The molecule has 1 aliphatic heterocycles. The van der Waals surface area contributed by atoms with Gasteiger partial charge in [0.1, 0.15) is 5.75 Å². The van der Waals surface area contributed by atoms with E-state index < -0.39 is 12.6 Å². The first-order chi connectivity index (χ1) is 15.1. The normalized spacial score (nSPS) is 12.7. The maximum absolute atomic E-state index is 12.3. The lowest BCUT2D eigenvalue weighted by molar-refractivity contribution is -0.136. The summed E-state index contributed by atoms with van der Waals surface area (Å²) in [7, 11) is 0. The summed E-state index contributed by atoms with van der Waals surface area (Å²) >= 11 is 0. The molecule has 8 nitrogen and oxygen atoms in total. The molecule has 0 bridgehead atoms. The van der Waals surface area contributed by atoms with Gasteiger partial charge in [-0.2, -0.15) is 5.10 Å². The van der Waals surface area contributed by atoms with Gasteiger partial charge in [-0.25, -0.2) is 4.79 Å². The second-order valence-corrected chi connectivity index (χ2v) is 6.87. The van der Waals surface area contributed by atoms with Gasteiger partial charge in [-0.15, -0.1) is 0 Å². The van der Waals surface area contributed by atoms with Gasteiger partial charge in [0.25, 0.3) is 5.91 Å². The summed E-state index contributed by atoms with van der Waals surface area (Å²) in [5, 5.41) is 6.90. The number of nitrogens with zero attached hydrogens (tertiary/aromatic N) is 2. The van der Waals surface area contributed by atoms with Crippen molar-refractivity contribution < 1.29 is 23.9 Å². The van der Waals surface area contributed by atoms with E-state index in [0.29, 0.717) is 23.5 Å². The number of rotatable bonds is 7. The van der Waals surface area contributed by atoms with Crippen molar-refractivity contribution >= 4 is 29.4 Å². The molecule has 4 rings (SSSR count). The van der Waals surface area contributed by atoms with Crippen molar-refractivity contribution in [2.24, 2.45) is 0 Å². The van der Waals surface area contributed by atoms with E-state index in [1.165, 1.54) is 12.1 Å². The van der Waals surface area contributed by atoms with E-state index in [1.54, 1.807) is 29.1 Å². The van der Waals surface area contributed by atoms with Crippen LogP contribution in [0.25, 0.3) is 6.08 Å². The van der Waals surface area contributed by atoms with Crippen LogP contribution in [0.5, 0.6) is 5.75 Å². The standard InChI is InChI=1S/C23H19N3O5/c27-20(18-7-8-21-19(10-18)25-22(28)15-30-21)14-31-23(29)9-6-17-11-24-26(13-17)12-16-4-2-1-3-5-16/h1-11,13H,12,14-15H2,(H,25,28)/b9-6+. The smallest absolute Gasteiger partial charge is 0.331 e. The molecule has 1 N–H and O–H groups in total. The summed E-state index contributed by atoms with van der Waals surface area (Å²) in [5.41, 5.74) is 2.58. The Balaban J connectivity index is 1.29. The third-order valence-electron chi connectivity index (χ3n) is 4.53. The first kappa shape index (κ1) is 20.1. The Hall–Kier alpha value is -4.20. The molecule has 0 fully saturated rings. The summed E-state index contributed by atoms with van der Waals surface area (Å²) in [6, 6.07) is 14.6. The van der Waals surface area contributed by atoms with Crippen LogP contribution >= 0.6 is 0 Å².